The topological polar surface area (TPSA) is 38.8 Å². The van der Waals surface area contributed by atoms with E-state index in [-0.39, 0.29) is 39.5 Å². The third-order valence-corrected chi connectivity index (χ3v) is 13.4. The van der Waals surface area contributed by atoms with E-state index in [1.807, 2.05) is 0 Å². The van der Waals surface area contributed by atoms with Crippen LogP contribution in [0.25, 0.3) is 0 Å². The van der Waals surface area contributed by atoms with Gasteiger partial charge in [-0.15, -0.1) is 0 Å². The van der Waals surface area contributed by atoms with Crippen molar-refractivity contribution in [1.82, 2.24) is 0 Å². The predicted octanol–water partition coefficient (Wildman–Crippen LogP) is 8.34. The summed E-state index contributed by atoms with van der Waals surface area (Å²) in [5.41, 5.74) is 0.936. The Kier molecular flexibility index (Phi) is 5.93. The minimum atomic E-state index is -0.127. The normalized spacial score (nSPS) is 50.5. The first-order valence-electron chi connectivity index (χ1n) is 15.1. The van der Waals surface area contributed by atoms with Crippen molar-refractivity contribution < 1.29 is 14.3 Å². The number of hydrogen-bond acceptors (Lipinski definition) is 3. The van der Waals surface area contributed by atoms with Crippen molar-refractivity contribution in [2.75, 3.05) is 0 Å². The van der Waals surface area contributed by atoms with E-state index in [1.54, 1.807) is 6.92 Å². The van der Waals surface area contributed by atoms with Crippen molar-refractivity contribution in [3.63, 3.8) is 0 Å². The van der Waals surface area contributed by atoms with E-state index in [2.05, 4.69) is 55.4 Å². The van der Waals surface area contributed by atoms with Gasteiger partial charge < -0.3 is 9.47 Å². The molecule has 3 heteroatoms. The molecule has 200 valence electrons. The second-order valence-electron chi connectivity index (χ2n) is 15.4. The Labute approximate surface area is 215 Å². The van der Waals surface area contributed by atoms with Crippen LogP contribution in [0.5, 0.6) is 0 Å². The summed E-state index contributed by atoms with van der Waals surface area (Å²) in [6.45, 7) is 21.5. The van der Waals surface area contributed by atoms with Crippen LogP contribution in [0.2, 0.25) is 0 Å². The van der Waals surface area contributed by atoms with Crippen LogP contribution in [0.3, 0.4) is 0 Å². The molecule has 0 spiro atoms. The summed E-state index contributed by atoms with van der Waals surface area (Å²) >= 11 is 0. The molecule has 0 aromatic heterocycles. The van der Waals surface area contributed by atoms with E-state index in [1.165, 1.54) is 57.8 Å². The van der Waals surface area contributed by atoms with Crippen LogP contribution >= 0.6 is 0 Å². The first-order valence-corrected chi connectivity index (χ1v) is 15.1. The minimum absolute atomic E-state index is 0.00365. The van der Waals surface area contributed by atoms with Crippen LogP contribution in [0, 0.1) is 45.3 Å². The highest BCUT2D eigenvalue weighted by Gasteiger charge is 2.90. The molecule has 0 aromatic rings. The molecule has 5 rings (SSSR count). The summed E-state index contributed by atoms with van der Waals surface area (Å²) in [6, 6.07) is 0. The maximum absolute atomic E-state index is 11.9. The van der Waals surface area contributed by atoms with Gasteiger partial charge in [-0.2, -0.15) is 0 Å². The highest BCUT2D eigenvalue weighted by Crippen LogP contribution is 2.86. The average molecular weight is 487 g/mol. The van der Waals surface area contributed by atoms with Gasteiger partial charge in [-0.1, -0.05) is 74.7 Å². The number of rotatable bonds is 6. The van der Waals surface area contributed by atoms with Crippen LogP contribution in [-0.4, -0.2) is 23.3 Å². The van der Waals surface area contributed by atoms with E-state index >= 15 is 0 Å². The summed E-state index contributed by atoms with van der Waals surface area (Å²) in [7, 11) is 0. The van der Waals surface area contributed by atoms with Gasteiger partial charge in [0.05, 0.1) is 0 Å². The fourth-order valence-corrected chi connectivity index (χ4v) is 11.4. The number of esters is 1. The van der Waals surface area contributed by atoms with E-state index in [0.29, 0.717) is 11.3 Å². The number of carbonyl (C=O) groups excluding carboxylic acids is 1. The van der Waals surface area contributed by atoms with Gasteiger partial charge in [-0.05, 0) is 80.5 Å². The molecule has 35 heavy (non-hydrogen) atoms. The number of epoxide rings is 1. The molecule has 9 atom stereocenters. The lowest BCUT2D eigenvalue weighted by Crippen LogP contribution is -2.66. The maximum Gasteiger partial charge on any atom is 0.302 e. The largest absolute Gasteiger partial charge is 0.462 e. The molecule has 1 aliphatic heterocycles. The monoisotopic (exact) mass is 486 g/mol. The summed E-state index contributed by atoms with van der Waals surface area (Å²) in [5, 5.41) is 0. The lowest BCUT2D eigenvalue weighted by molar-refractivity contribution is -0.184. The maximum atomic E-state index is 11.9. The predicted molar refractivity (Wildman–Crippen MR) is 142 cm³/mol. The highest BCUT2D eigenvalue weighted by molar-refractivity contribution is 5.66. The zero-order valence-corrected chi connectivity index (χ0v) is 24.4. The third-order valence-electron chi connectivity index (χ3n) is 13.4. The summed E-state index contributed by atoms with van der Waals surface area (Å²) in [6.07, 6.45) is 14.0. The zero-order chi connectivity index (χ0) is 25.7. The molecular formula is C32H54O3. The fourth-order valence-electron chi connectivity index (χ4n) is 11.4. The van der Waals surface area contributed by atoms with Crippen molar-refractivity contribution in [3.8, 4) is 0 Å². The zero-order valence-electron chi connectivity index (χ0n) is 24.4. The minimum Gasteiger partial charge on any atom is -0.462 e. The van der Waals surface area contributed by atoms with Crippen LogP contribution < -0.4 is 0 Å². The van der Waals surface area contributed by atoms with Crippen molar-refractivity contribution in [2.45, 2.75) is 150 Å². The Morgan fingerprint density at radius 2 is 1.57 bits per heavy atom. The van der Waals surface area contributed by atoms with Crippen molar-refractivity contribution in [2.24, 2.45) is 45.3 Å². The third kappa shape index (κ3) is 3.15. The molecule has 0 N–H and O–H groups in total. The molecule has 0 aromatic carbocycles. The smallest absolute Gasteiger partial charge is 0.302 e. The molecule has 5 fully saturated rings. The van der Waals surface area contributed by atoms with Gasteiger partial charge in [0.1, 0.15) is 17.3 Å². The Bertz CT molecular complexity index is 863. The molecule has 4 saturated carbocycles. The molecule has 0 radical (unpaired) electrons. The van der Waals surface area contributed by atoms with Gasteiger partial charge in [0.25, 0.3) is 0 Å². The van der Waals surface area contributed by atoms with E-state index in [4.69, 9.17) is 9.47 Å². The molecular weight excluding hydrogens is 432 g/mol. The summed E-state index contributed by atoms with van der Waals surface area (Å²) < 4.78 is 13.2. The number of fused-ring (bicyclic) bond motifs is 2. The van der Waals surface area contributed by atoms with Crippen molar-refractivity contribution in [1.29, 1.82) is 0 Å². The average Bonchev–Trinajstić information content (AvgIpc) is 3.39. The first-order chi connectivity index (χ1) is 16.2. The second-order valence-corrected chi connectivity index (χ2v) is 15.4. The van der Waals surface area contributed by atoms with Crippen molar-refractivity contribution >= 4 is 5.97 Å². The summed E-state index contributed by atoms with van der Waals surface area (Å²) in [4.78, 5) is 11.9. The van der Waals surface area contributed by atoms with Crippen LogP contribution in [0.4, 0.5) is 0 Å². The van der Waals surface area contributed by atoms with Gasteiger partial charge in [0.15, 0.2) is 0 Å². The molecule has 4 aliphatic carbocycles. The Balaban J connectivity index is 1.42. The van der Waals surface area contributed by atoms with Gasteiger partial charge >= 0.3 is 5.97 Å². The van der Waals surface area contributed by atoms with Gasteiger partial charge in [0.2, 0.25) is 0 Å². The molecule has 3 nitrogen and oxygen atoms in total. The fraction of sp³-hybridized carbons (Fsp3) is 0.969. The molecule has 9 unspecified atom stereocenters. The number of hydrogen-bond donors (Lipinski definition) is 0. The second kappa shape index (κ2) is 7.97. The number of ether oxygens (including phenoxy) is 2. The van der Waals surface area contributed by atoms with Gasteiger partial charge in [-0.25, -0.2) is 0 Å². The van der Waals surface area contributed by atoms with E-state index < -0.39 is 0 Å². The van der Waals surface area contributed by atoms with Crippen LogP contribution in [0.1, 0.15) is 133 Å². The van der Waals surface area contributed by atoms with Gasteiger partial charge in [0, 0.05) is 23.2 Å². The molecule has 1 saturated heterocycles. The van der Waals surface area contributed by atoms with Gasteiger partial charge in [-0.3, -0.25) is 4.79 Å². The van der Waals surface area contributed by atoms with E-state index in [9.17, 15) is 4.79 Å². The summed E-state index contributed by atoms with van der Waals surface area (Å²) in [5.74, 6) is 2.88. The quantitative estimate of drug-likeness (QED) is 0.280. The number of carbonyl (C=O) groups is 1. The van der Waals surface area contributed by atoms with Crippen molar-refractivity contribution in [3.05, 3.63) is 0 Å². The van der Waals surface area contributed by atoms with Crippen LogP contribution in [0.15, 0.2) is 0 Å². The molecule has 0 amide bonds. The van der Waals surface area contributed by atoms with E-state index in [0.717, 1.165) is 30.6 Å². The molecule has 1 heterocycles. The Morgan fingerprint density at radius 1 is 0.857 bits per heavy atom. The lowest BCUT2D eigenvalue weighted by atomic mass is 9.38. The standard InChI is InChI=1S/C32H54O3/c1-21(2)11-10-12-22(3)24-13-17-30(9)28(24,7)19-20-31-29(8)16-15-26(34-23(4)33)27(5,6)25(29)14-18-32(30,31)35-31/h21-22,24-26H,10-20H2,1-9H3. The Morgan fingerprint density at radius 3 is 2.23 bits per heavy atom. The highest BCUT2D eigenvalue weighted by atomic mass is 16.6. The lowest BCUT2D eigenvalue weighted by Gasteiger charge is -2.64. The molecule has 5 aliphatic rings. The molecule has 0 bridgehead atoms. The first kappa shape index (κ1) is 26.1. The van der Waals surface area contributed by atoms with Crippen LogP contribution in [-0.2, 0) is 14.3 Å². The SMILES string of the molecule is CC(=O)OC1CCC2(C)C(CCC34OC23CCC2(C)C(C(C)CCCC(C)C)CCC24C)C1(C)C. The Hall–Kier alpha value is -0.570.